The second kappa shape index (κ2) is 7.94. The molecule has 3 aromatic rings. The summed E-state index contributed by atoms with van der Waals surface area (Å²) in [5, 5.41) is 11.1. The summed E-state index contributed by atoms with van der Waals surface area (Å²) < 4.78 is 15.3. The summed E-state index contributed by atoms with van der Waals surface area (Å²) in [7, 11) is 0. The van der Waals surface area contributed by atoms with Gasteiger partial charge in [0, 0.05) is 43.3 Å². The quantitative estimate of drug-likeness (QED) is 0.481. The number of hydrogen-bond donors (Lipinski definition) is 1. The maximum atomic E-state index is 13.1. The molecule has 1 aromatic heterocycles. The highest BCUT2D eigenvalue weighted by Gasteiger charge is 2.34. The third kappa shape index (κ3) is 4.46. The number of non-ortho nitro benzene ring substituents is 1. The van der Waals surface area contributed by atoms with E-state index in [1.807, 2.05) is 24.3 Å². The molecule has 1 aliphatic carbocycles. The summed E-state index contributed by atoms with van der Waals surface area (Å²) in [5.74, 6) is -0.224. The molecule has 1 saturated carbocycles. The van der Waals surface area contributed by atoms with Gasteiger partial charge in [-0.1, -0.05) is 24.3 Å². The molecule has 1 heterocycles. The Bertz CT molecular complexity index is 964. The van der Waals surface area contributed by atoms with Crippen molar-refractivity contribution < 1.29 is 14.2 Å². The van der Waals surface area contributed by atoms with E-state index in [2.05, 4.69) is 16.8 Å². The number of nitro groups is 1. The van der Waals surface area contributed by atoms with E-state index in [1.165, 1.54) is 41.6 Å². The van der Waals surface area contributed by atoms with Gasteiger partial charge in [0.2, 0.25) is 0 Å². The molecule has 0 amide bonds. The number of rotatable bonds is 8. The number of nitrogens with one attached hydrogen (secondary N) is 1. The highest BCUT2D eigenvalue weighted by Crippen LogP contribution is 2.18. The molecule has 28 heavy (non-hydrogen) atoms. The van der Waals surface area contributed by atoms with Gasteiger partial charge in [-0.2, -0.15) is 0 Å². The van der Waals surface area contributed by atoms with Gasteiger partial charge in [-0.05, 0) is 29.8 Å². The minimum Gasteiger partial charge on any atom is -0.342 e. The monoisotopic (exact) mass is 380 g/mol. The van der Waals surface area contributed by atoms with Crippen LogP contribution in [0.5, 0.6) is 0 Å². The number of hydrogen-bond acceptors (Lipinski definition) is 2. The van der Waals surface area contributed by atoms with Crippen LogP contribution in [0.2, 0.25) is 0 Å². The van der Waals surface area contributed by atoms with E-state index in [-0.39, 0.29) is 16.4 Å². The highest BCUT2D eigenvalue weighted by molar-refractivity contribution is 5.33. The number of nitro benzene ring substituents is 1. The second-order valence-electron chi connectivity index (χ2n) is 7.47. The minimum absolute atomic E-state index is 0.146. The van der Waals surface area contributed by atoms with E-state index in [0.29, 0.717) is 12.6 Å². The molecule has 0 radical (unpaired) electrons. The first kappa shape index (κ1) is 18.4. The molecule has 2 aromatic carbocycles. The molecular formula is C22H23FN3O2+. The molecule has 1 unspecified atom stereocenters. The molecule has 1 fully saturated rings. The van der Waals surface area contributed by atoms with Crippen LogP contribution in [0.15, 0.2) is 66.9 Å². The average Bonchev–Trinajstić information content (AvgIpc) is 3.45. The zero-order chi connectivity index (χ0) is 19.5. The van der Waals surface area contributed by atoms with Gasteiger partial charge in [-0.15, -0.1) is 0 Å². The van der Waals surface area contributed by atoms with Crippen LogP contribution in [0.3, 0.4) is 0 Å². The molecule has 1 N–H and O–H groups in total. The second-order valence-corrected chi connectivity index (χ2v) is 7.47. The Balaban J connectivity index is 1.49. The van der Waals surface area contributed by atoms with Gasteiger partial charge in [-0.25, -0.2) is 4.39 Å². The van der Waals surface area contributed by atoms with Crippen molar-refractivity contribution in [1.29, 1.82) is 0 Å². The zero-order valence-electron chi connectivity index (χ0n) is 15.6. The van der Waals surface area contributed by atoms with Crippen LogP contribution in [0.1, 0.15) is 29.7 Å². The number of aromatic nitrogens is 1. The van der Waals surface area contributed by atoms with E-state index in [4.69, 9.17) is 0 Å². The van der Waals surface area contributed by atoms with Crippen LogP contribution in [0, 0.1) is 15.9 Å². The van der Waals surface area contributed by atoms with E-state index < -0.39 is 0 Å². The van der Waals surface area contributed by atoms with Crippen LogP contribution in [0.25, 0.3) is 0 Å². The predicted molar refractivity (Wildman–Crippen MR) is 104 cm³/mol. The summed E-state index contributed by atoms with van der Waals surface area (Å²) in [4.78, 5) is 12.1. The highest BCUT2D eigenvalue weighted by atomic mass is 19.1. The fourth-order valence-electron chi connectivity index (χ4n) is 3.67. The predicted octanol–water partition coefficient (Wildman–Crippen LogP) is 3.33. The maximum absolute atomic E-state index is 13.1. The third-order valence-electron chi connectivity index (χ3n) is 5.31. The largest absolute Gasteiger partial charge is 0.342 e. The van der Waals surface area contributed by atoms with Gasteiger partial charge < -0.3 is 9.47 Å². The molecule has 0 spiro atoms. The molecule has 1 atom stereocenters. The molecule has 0 aliphatic heterocycles. The lowest BCUT2D eigenvalue weighted by atomic mass is 10.2. The number of quaternary nitrogens is 1. The molecule has 5 nitrogen and oxygen atoms in total. The van der Waals surface area contributed by atoms with E-state index in [9.17, 15) is 14.5 Å². The van der Waals surface area contributed by atoms with Gasteiger partial charge >= 0.3 is 0 Å². The lowest BCUT2D eigenvalue weighted by Gasteiger charge is -2.20. The fraction of sp³-hybridized carbons (Fsp3) is 0.273. The number of nitrogens with zero attached hydrogens (tertiary/aromatic N) is 2. The van der Waals surface area contributed by atoms with Crippen LogP contribution in [-0.2, 0) is 19.6 Å². The van der Waals surface area contributed by atoms with Crippen molar-refractivity contribution in [3.8, 4) is 0 Å². The van der Waals surface area contributed by atoms with Gasteiger partial charge in [-0.3, -0.25) is 10.1 Å². The summed E-state index contributed by atoms with van der Waals surface area (Å²) in [5.41, 5.74) is 3.42. The Kier molecular flexibility index (Phi) is 5.21. The topological polar surface area (TPSA) is 52.5 Å². The Morgan fingerprint density at radius 1 is 1.04 bits per heavy atom. The van der Waals surface area contributed by atoms with Crippen molar-refractivity contribution in [3.63, 3.8) is 0 Å². The summed E-state index contributed by atoms with van der Waals surface area (Å²) in [6.07, 6.45) is 4.45. The first-order chi connectivity index (χ1) is 13.6. The minimum atomic E-state index is -0.339. The Morgan fingerprint density at radius 2 is 1.82 bits per heavy atom. The smallest absolute Gasteiger partial charge is 0.269 e. The van der Waals surface area contributed by atoms with Crippen LogP contribution in [-0.4, -0.2) is 15.5 Å². The van der Waals surface area contributed by atoms with Gasteiger partial charge in [0.1, 0.15) is 18.9 Å². The van der Waals surface area contributed by atoms with Crippen molar-refractivity contribution in [2.45, 2.75) is 38.5 Å². The van der Waals surface area contributed by atoms with Gasteiger partial charge in [0.05, 0.1) is 16.7 Å². The molecule has 0 bridgehead atoms. The molecule has 1 aliphatic rings. The first-order valence-corrected chi connectivity index (χ1v) is 9.55. The van der Waals surface area contributed by atoms with Crippen LogP contribution >= 0.6 is 0 Å². The van der Waals surface area contributed by atoms with E-state index in [1.54, 1.807) is 12.1 Å². The van der Waals surface area contributed by atoms with Crippen LogP contribution in [0.4, 0.5) is 10.1 Å². The van der Waals surface area contributed by atoms with Gasteiger partial charge in [0.15, 0.2) is 0 Å². The summed E-state index contributed by atoms with van der Waals surface area (Å²) in [6, 6.07) is 18.3. The van der Waals surface area contributed by atoms with Crippen molar-refractivity contribution in [3.05, 3.63) is 99.6 Å². The average molecular weight is 380 g/mol. The maximum Gasteiger partial charge on any atom is 0.269 e. The Morgan fingerprint density at radius 3 is 2.54 bits per heavy atom. The summed E-state index contributed by atoms with van der Waals surface area (Å²) >= 11 is 0. The standard InChI is InChI=1S/C22H22FN3O2/c23-19-8-6-17(7-9-19)14-24-12-2-5-22(24)16-25(20-10-11-20)15-18-3-1-4-21(13-18)26(27)28/h1-9,12-13,20H,10-11,14-16H2/p+1. The lowest BCUT2D eigenvalue weighted by Crippen LogP contribution is -3.10. The third-order valence-corrected chi connectivity index (χ3v) is 5.31. The molecule has 144 valence electrons. The lowest BCUT2D eigenvalue weighted by molar-refractivity contribution is -0.938. The molecule has 4 rings (SSSR count). The Hall–Kier alpha value is -2.99. The van der Waals surface area contributed by atoms with Crippen molar-refractivity contribution in [1.82, 2.24) is 4.57 Å². The summed E-state index contributed by atoms with van der Waals surface area (Å²) in [6.45, 7) is 2.34. The zero-order valence-corrected chi connectivity index (χ0v) is 15.6. The Labute approximate surface area is 163 Å². The van der Waals surface area contributed by atoms with Crippen molar-refractivity contribution >= 4 is 5.69 Å². The first-order valence-electron chi connectivity index (χ1n) is 9.55. The van der Waals surface area contributed by atoms with E-state index in [0.717, 1.165) is 24.2 Å². The molecule has 0 saturated heterocycles. The molecule has 6 heteroatoms. The van der Waals surface area contributed by atoms with Crippen molar-refractivity contribution in [2.75, 3.05) is 0 Å². The normalized spacial score (nSPS) is 14.8. The fourth-order valence-corrected chi connectivity index (χ4v) is 3.67. The number of benzene rings is 2. The van der Waals surface area contributed by atoms with Gasteiger partial charge in [0.25, 0.3) is 5.69 Å². The van der Waals surface area contributed by atoms with Crippen molar-refractivity contribution in [2.24, 2.45) is 0 Å². The SMILES string of the molecule is O=[N+]([O-])c1cccc(C[NH+](Cc2cccn2Cc2ccc(F)cc2)C2CC2)c1. The van der Waals surface area contributed by atoms with Crippen LogP contribution < -0.4 is 4.90 Å². The molecular weight excluding hydrogens is 357 g/mol. The van der Waals surface area contributed by atoms with E-state index >= 15 is 0 Å². The number of halogens is 1.